The van der Waals surface area contributed by atoms with Crippen molar-refractivity contribution in [3.63, 3.8) is 0 Å². The Kier molecular flexibility index (Phi) is 12.2. The number of anilines is 7. The highest BCUT2D eigenvalue weighted by Gasteiger charge is 2.63. The minimum absolute atomic E-state index is 0.00206. The minimum Gasteiger partial charge on any atom is -0.335 e. The maximum atomic E-state index is 2.95. The van der Waals surface area contributed by atoms with Crippen molar-refractivity contribution >= 4 is 57.5 Å². The molecule has 3 aliphatic heterocycles. The predicted octanol–water partition coefficient (Wildman–Crippen LogP) is 20.2. The molecule has 3 aliphatic carbocycles. The molecule has 0 aromatic heterocycles. The summed E-state index contributed by atoms with van der Waals surface area (Å²) in [5.74, 6) is 0.464. The number of fused-ring (bicyclic) bond motifs is 10. The number of benzene rings is 7. The lowest BCUT2D eigenvalue weighted by Gasteiger charge is -2.53. The van der Waals surface area contributed by atoms with Crippen LogP contribution >= 0.6 is 0 Å². The number of hydrogen-bond acceptors (Lipinski definition) is 3. The van der Waals surface area contributed by atoms with E-state index in [9.17, 15) is 0 Å². The predicted molar refractivity (Wildman–Crippen MR) is 358 cm³/mol. The fraction of sp³-hybridized carbons (Fsp3) is 0.418. The maximum absolute atomic E-state index is 2.95. The Hall–Kier alpha value is -6.52. The summed E-state index contributed by atoms with van der Waals surface area (Å²) in [5, 5.41) is 0. The van der Waals surface area contributed by atoms with Gasteiger partial charge in [0.2, 0.25) is 0 Å². The molecule has 4 heteroatoms. The molecular formula is C79H92BN3. The van der Waals surface area contributed by atoms with Gasteiger partial charge in [0.1, 0.15) is 0 Å². The second-order valence-corrected chi connectivity index (χ2v) is 32.3. The van der Waals surface area contributed by atoms with Gasteiger partial charge in [-0.15, -0.1) is 0 Å². The summed E-state index contributed by atoms with van der Waals surface area (Å²) in [6.07, 6.45) is 10.4. The van der Waals surface area contributed by atoms with Gasteiger partial charge in [0.15, 0.2) is 0 Å². The molecule has 426 valence electrons. The lowest BCUT2D eigenvalue weighted by molar-refractivity contribution is 0.195. The molecule has 0 bridgehead atoms. The van der Waals surface area contributed by atoms with Crippen molar-refractivity contribution in [1.29, 1.82) is 0 Å². The second-order valence-electron chi connectivity index (χ2n) is 32.3. The SMILES string of the molecule is CC(C)(C)c1ccc(N(c2ccc(C(C)(C)C)cc2)c2cc3c4c(c2)N2c5c(cc(C(C)(C)C)cc5C5(C)CCCCC25C)B4C2=CC4c5ccc(C(C)(C)C)cc5C(C)(C)C4C=C2N3c2ccc(C(C)(C)C)cc2-c2ccccc2)cc1. The van der Waals surface area contributed by atoms with Crippen molar-refractivity contribution < 1.29 is 0 Å². The van der Waals surface area contributed by atoms with Crippen LogP contribution in [0.2, 0.25) is 0 Å². The van der Waals surface area contributed by atoms with Gasteiger partial charge in [-0.25, -0.2) is 0 Å². The lowest BCUT2D eigenvalue weighted by atomic mass is 9.31. The van der Waals surface area contributed by atoms with Crippen molar-refractivity contribution in [2.24, 2.45) is 5.92 Å². The van der Waals surface area contributed by atoms with Gasteiger partial charge in [-0.2, -0.15) is 0 Å². The fourth-order valence-corrected chi connectivity index (χ4v) is 16.1. The van der Waals surface area contributed by atoms with Crippen molar-refractivity contribution in [3.05, 3.63) is 207 Å². The average molecular weight is 1090 g/mol. The van der Waals surface area contributed by atoms with Crippen LogP contribution in [0.5, 0.6) is 0 Å². The highest BCUT2D eigenvalue weighted by molar-refractivity contribution is 6.96. The molecular weight excluding hydrogens is 1000 g/mol. The molecule has 7 aromatic carbocycles. The Morgan fingerprint density at radius 3 is 1.60 bits per heavy atom. The topological polar surface area (TPSA) is 9.72 Å². The normalized spacial score (nSPS) is 22.2. The fourth-order valence-electron chi connectivity index (χ4n) is 16.1. The molecule has 83 heavy (non-hydrogen) atoms. The van der Waals surface area contributed by atoms with E-state index in [1.165, 1.54) is 120 Å². The first kappa shape index (κ1) is 55.7. The van der Waals surface area contributed by atoms with Crippen LogP contribution in [0.15, 0.2) is 163 Å². The smallest absolute Gasteiger partial charge is 0.251 e. The Bertz CT molecular complexity index is 3780. The van der Waals surface area contributed by atoms with Crippen LogP contribution in [0.1, 0.15) is 208 Å². The molecule has 13 rings (SSSR count). The molecule has 0 radical (unpaired) electrons. The van der Waals surface area contributed by atoms with Gasteiger partial charge < -0.3 is 14.7 Å². The Morgan fingerprint density at radius 2 is 1.01 bits per heavy atom. The van der Waals surface area contributed by atoms with E-state index in [0.717, 1.165) is 17.8 Å². The van der Waals surface area contributed by atoms with E-state index in [1.54, 1.807) is 5.56 Å². The maximum Gasteiger partial charge on any atom is 0.251 e. The summed E-state index contributed by atoms with van der Waals surface area (Å²) in [5.41, 5.74) is 28.0. The molecule has 0 N–H and O–H groups in total. The third-order valence-electron chi connectivity index (χ3n) is 21.5. The molecule has 6 aliphatic rings. The lowest BCUT2D eigenvalue weighted by Crippen LogP contribution is -2.62. The van der Waals surface area contributed by atoms with Gasteiger partial charge in [0, 0.05) is 51.0 Å². The number of rotatable bonds is 5. The molecule has 4 unspecified atom stereocenters. The Morgan fingerprint density at radius 1 is 0.482 bits per heavy atom. The van der Waals surface area contributed by atoms with E-state index in [-0.39, 0.29) is 62.0 Å². The van der Waals surface area contributed by atoms with Gasteiger partial charge >= 0.3 is 0 Å². The molecule has 7 aromatic rings. The molecule has 3 nitrogen and oxygen atoms in total. The Balaban J connectivity index is 1.19. The molecule has 1 fully saturated rings. The standard InChI is InChI=1S/C79H92BN3/c1-72(2,3)50-27-33-55(34-28-50)81(56-35-29-51(30-36-56)73(4,5)6)57-45-68-70-69(46-57)83-71-63(78(18)39-23-24-40-79(78,83)19)43-54(76(13,14)15)44-65(71)80(70)64-47-60-58-37-31-53(75(10,11)12)42-61(58)77(16,17)62(60)48-67(64)82(68)66-38-32-52(74(7,8)9)41-59(66)49-25-21-20-22-26-49/h20-22,25-38,41-48,60,62H,23-24,39-40H2,1-19H3. The molecule has 0 spiro atoms. The van der Waals surface area contributed by atoms with E-state index < -0.39 is 0 Å². The van der Waals surface area contributed by atoms with Crippen molar-refractivity contribution in [2.45, 2.75) is 207 Å². The summed E-state index contributed by atoms with van der Waals surface area (Å²) in [6, 6.07) is 56.0. The average Bonchev–Trinajstić information content (AvgIpc) is 1.61. The van der Waals surface area contributed by atoms with Gasteiger partial charge in [-0.1, -0.05) is 241 Å². The summed E-state index contributed by atoms with van der Waals surface area (Å²) in [7, 11) is 0. The van der Waals surface area contributed by atoms with Crippen LogP contribution in [0, 0.1) is 5.92 Å². The highest BCUT2D eigenvalue weighted by atomic mass is 15.3. The first-order valence-electron chi connectivity index (χ1n) is 31.6. The second kappa shape index (κ2) is 18.2. The van der Waals surface area contributed by atoms with E-state index in [0.29, 0.717) is 0 Å². The zero-order valence-electron chi connectivity index (χ0n) is 53.8. The monoisotopic (exact) mass is 1090 g/mol. The first-order valence-corrected chi connectivity index (χ1v) is 31.6. The van der Waals surface area contributed by atoms with Crippen LogP contribution in [0.3, 0.4) is 0 Å². The zero-order valence-corrected chi connectivity index (χ0v) is 53.8. The summed E-state index contributed by atoms with van der Waals surface area (Å²) in [4.78, 5) is 8.33. The van der Waals surface area contributed by atoms with Gasteiger partial charge in [0.25, 0.3) is 6.71 Å². The number of allylic oxidation sites excluding steroid dienone is 3. The Labute approximate surface area is 500 Å². The van der Waals surface area contributed by atoms with Gasteiger partial charge in [-0.3, -0.25) is 0 Å². The van der Waals surface area contributed by atoms with Crippen LogP contribution in [0.4, 0.5) is 39.8 Å². The zero-order chi connectivity index (χ0) is 59.1. The van der Waals surface area contributed by atoms with Crippen molar-refractivity contribution in [3.8, 4) is 11.1 Å². The quantitative estimate of drug-likeness (QED) is 0.159. The summed E-state index contributed by atoms with van der Waals surface area (Å²) >= 11 is 0. The van der Waals surface area contributed by atoms with E-state index in [2.05, 4.69) is 298 Å². The number of nitrogens with zero attached hydrogens (tertiary/aromatic N) is 3. The van der Waals surface area contributed by atoms with Crippen LogP contribution in [-0.4, -0.2) is 12.3 Å². The largest absolute Gasteiger partial charge is 0.335 e. The molecule has 3 heterocycles. The first-order chi connectivity index (χ1) is 38.8. The van der Waals surface area contributed by atoms with Crippen LogP contribution in [-0.2, 0) is 37.9 Å². The molecule has 4 atom stereocenters. The third-order valence-corrected chi connectivity index (χ3v) is 21.5. The van der Waals surface area contributed by atoms with E-state index in [1.807, 2.05) is 0 Å². The van der Waals surface area contributed by atoms with Gasteiger partial charge in [0.05, 0.1) is 16.9 Å². The van der Waals surface area contributed by atoms with Crippen molar-refractivity contribution in [2.75, 3.05) is 14.7 Å². The van der Waals surface area contributed by atoms with Crippen molar-refractivity contribution in [1.82, 2.24) is 0 Å². The molecule has 1 saturated carbocycles. The summed E-state index contributed by atoms with van der Waals surface area (Å²) < 4.78 is 0. The third kappa shape index (κ3) is 8.46. The summed E-state index contributed by atoms with van der Waals surface area (Å²) in [6.45, 7) is 45.9. The van der Waals surface area contributed by atoms with E-state index >= 15 is 0 Å². The van der Waals surface area contributed by atoms with E-state index in [4.69, 9.17) is 0 Å². The van der Waals surface area contributed by atoms with Crippen LogP contribution < -0.4 is 25.6 Å². The molecule has 0 saturated heterocycles. The number of hydrogen-bond donors (Lipinski definition) is 0. The molecule has 0 amide bonds. The minimum atomic E-state index is -0.167. The van der Waals surface area contributed by atoms with Crippen LogP contribution in [0.25, 0.3) is 11.1 Å². The highest BCUT2D eigenvalue weighted by Crippen LogP contribution is 2.65. The van der Waals surface area contributed by atoms with Gasteiger partial charge in [-0.05, 0) is 173 Å².